The van der Waals surface area contributed by atoms with Crippen molar-refractivity contribution < 1.29 is 15.0 Å². The highest BCUT2D eigenvalue weighted by Gasteiger charge is 2.01. The summed E-state index contributed by atoms with van der Waals surface area (Å²) < 4.78 is 0. The summed E-state index contributed by atoms with van der Waals surface area (Å²) in [6.45, 7) is 2.24. The summed E-state index contributed by atoms with van der Waals surface area (Å²) in [6.07, 6.45) is 24.5. The van der Waals surface area contributed by atoms with E-state index < -0.39 is 5.97 Å². The van der Waals surface area contributed by atoms with Crippen LogP contribution in [0.15, 0.2) is 12.2 Å². The van der Waals surface area contributed by atoms with Gasteiger partial charge >= 0.3 is 5.97 Å². The molecule has 0 heterocycles. The normalized spacial score (nSPS) is 12.7. The first-order valence-corrected chi connectivity index (χ1v) is 11.2. The van der Waals surface area contributed by atoms with E-state index in [1.807, 2.05) is 0 Å². The molecule has 0 rings (SSSR count). The lowest BCUT2D eigenvalue weighted by Crippen LogP contribution is -2.04. The van der Waals surface area contributed by atoms with Gasteiger partial charge in [-0.3, -0.25) is 4.79 Å². The van der Waals surface area contributed by atoms with Crippen molar-refractivity contribution in [1.29, 1.82) is 0 Å². The lowest BCUT2D eigenvalue weighted by Gasteiger charge is -2.07. The van der Waals surface area contributed by atoms with E-state index in [1.54, 1.807) is 0 Å². The Balaban J connectivity index is 3.21. The van der Waals surface area contributed by atoms with Gasteiger partial charge < -0.3 is 10.2 Å². The van der Waals surface area contributed by atoms with Crippen molar-refractivity contribution in [2.24, 2.45) is 0 Å². The van der Waals surface area contributed by atoms with Crippen molar-refractivity contribution in [2.45, 2.75) is 129 Å². The zero-order valence-electron chi connectivity index (χ0n) is 17.3. The Hall–Kier alpha value is -0.830. The van der Waals surface area contributed by atoms with Crippen molar-refractivity contribution in [2.75, 3.05) is 0 Å². The van der Waals surface area contributed by atoms with Crippen molar-refractivity contribution in [3.63, 3.8) is 0 Å². The van der Waals surface area contributed by atoms with Crippen LogP contribution >= 0.6 is 0 Å². The molecular weight excluding hydrogens is 324 g/mol. The molecule has 3 nitrogen and oxygen atoms in total. The number of carbonyl (C=O) groups is 1. The third-order valence-corrected chi connectivity index (χ3v) is 4.98. The molecule has 0 aliphatic rings. The SMILES string of the molecule is CCCCCCC=CCC(O)CCCCCCCCCCCCC(=O)O. The van der Waals surface area contributed by atoms with E-state index in [4.69, 9.17) is 5.11 Å². The Labute approximate surface area is 162 Å². The molecule has 1 unspecified atom stereocenters. The van der Waals surface area contributed by atoms with E-state index in [1.165, 1.54) is 70.6 Å². The lowest BCUT2D eigenvalue weighted by atomic mass is 10.0. The van der Waals surface area contributed by atoms with Crippen LogP contribution < -0.4 is 0 Å². The third-order valence-electron chi connectivity index (χ3n) is 4.98. The first-order chi connectivity index (χ1) is 12.7. The fourth-order valence-electron chi connectivity index (χ4n) is 3.25. The molecule has 0 bridgehead atoms. The summed E-state index contributed by atoms with van der Waals surface area (Å²) in [4.78, 5) is 10.4. The van der Waals surface area contributed by atoms with E-state index in [0.29, 0.717) is 6.42 Å². The number of hydrogen-bond donors (Lipinski definition) is 2. The topological polar surface area (TPSA) is 57.5 Å². The Kier molecular flexibility index (Phi) is 19.8. The molecule has 0 aromatic carbocycles. The molecular formula is C23H44O3. The van der Waals surface area contributed by atoms with E-state index in [9.17, 15) is 9.90 Å². The van der Waals surface area contributed by atoms with Crippen LogP contribution in [0.5, 0.6) is 0 Å². The number of carboxylic acid groups (broad SMARTS) is 1. The van der Waals surface area contributed by atoms with Crippen LogP contribution in [0.1, 0.15) is 122 Å². The van der Waals surface area contributed by atoms with E-state index >= 15 is 0 Å². The molecule has 26 heavy (non-hydrogen) atoms. The van der Waals surface area contributed by atoms with Crippen molar-refractivity contribution >= 4 is 5.97 Å². The second kappa shape index (κ2) is 20.5. The molecule has 0 saturated carbocycles. The van der Waals surface area contributed by atoms with Crippen LogP contribution in [0.4, 0.5) is 0 Å². The van der Waals surface area contributed by atoms with Gasteiger partial charge in [0.05, 0.1) is 6.10 Å². The Morgan fingerprint density at radius 2 is 1.31 bits per heavy atom. The lowest BCUT2D eigenvalue weighted by molar-refractivity contribution is -0.137. The molecule has 2 N–H and O–H groups in total. The summed E-state index contributed by atoms with van der Waals surface area (Å²) in [5.74, 6) is -0.673. The van der Waals surface area contributed by atoms with Crippen LogP contribution in [-0.2, 0) is 4.79 Å². The maximum Gasteiger partial charge on any atom is 0.303 e. The number of aliphatic hydroxyl groups is 1. The average molecular weight is 369 g/mol. The van der Waals surface area contributed by atoms with Crippen LogP contribution in [0.25, 0.3) is 0 Å². The largest absolute Gasteiger partial charge is 0.481 e. The predicted molar refractivity (Wildman–Crippen MR) is 112 cm³/mol. The summed E-state index contributed by atoms with van der Waals surface area (Å²) in [5.41, 5.74) is 0. The minimum atomic E-state index is -0.673. The smallest absolute Gasteiger partial charge is 0.303 e. The van der Waals surface area contributed by atoms with Gasteiger partial charge in [0.25, 0.3) is 0 Å². The maximum absolute atomic E-state index is 10.4. The van der Waals surface area contributed by atoms with Crippen molar-refractivity contribution in [3.05, 3.63) is 12.2 Å². The minimum absolute atomic E-state index is 0.160. The van der Waals surface area contributed by atoms with Gasteiger partial charge in [-0.25, -0.2) is 0 Å². The molecule has 0 amide bonds. The Morgan fingerprint density at radius 1 is 0.769 bits per heavy atom. The molecule has 0 fully saturated rings. The average Bonchev–Trinajstić information content (AvgIpc) is 2.61. The van der Waals surface area contributed by atoms with Crippen molar-refractivity contribution in [1.82, 2.24) is 0 Å². The number of hydrogen-bond acceptors (Lipinski definition) is 2. The molecule has 0 aromatic rings. The van der Waals surface area contributed by atoms with E-state index in [0.717, 1.165) is 38.5 Å². The van der Waals surface area contributed by atoms with Crippen LogP contribution in [0, 0.1) is 0 Å². The second-order valence-corrected chi connectivity index (χ2v) is 7.68. The van der Waals surface area contributed by atoms with Gasteiger partial charge in [0.15, 0.2) is 0 Å². The zero-order chi connectivity index (χ0) is 19.3. The predicted octanol–water partition coefficient (Wildman–Crippen LogP) is 7.03. The summed E-state index contributed by atoms with van der Waals surface area (Å²) >= 11 is 0. The van der Waals surface area contributed by atoms with Gasteiger partial charge in [-0.2, -0.15) is 0 Å². The fraction of sp³-hybridized carbons (Fsp3) is 0.870. The second-order valence-electron chi connectivity index (χ2n) is 7.68. The molecule has 3 heteroatoms. The molecule has 1 atom stereocenters. The molecule has 0 saturated heterocycles. The maximum atomic E-state index is 10.4. The monoisotopic (exact) mass is 368 g/mol. The van der Waals surface area contributed by atoms with Gasteiger partial charge in [-0.1, -0.05) is 96.1 Å². The van der Waals surface area contributed by atoms with E-state index in [2.05, 4.69) is 19.1 Å². The van der Waals surface area contributed by atoms with Gasteiger partial charge in [-0.15, -0.1) is 0 Å². The summed E-state index contributed by atoms with van der Waals surface area (Å²) in [7, 11) is 0. The number of aliphatic hydroxyl groups excluding tert-OH is 1. The number of aliphatic carboxylic acids is 1. The van der Waals surface area contributed by atoms with E-state index in [-0.39, 0.29) is 6.10 Å². The summed E-state index contributed by atoms with van der Waals surface area (Å²) in [6, 6.07) is 0. The fourth-order valence-corrected chi connectivity index (χ4v) is 3.25. The number of rotatable bonds is 20. The number of unbranched alkanes of at least 4 members (excludes halogenated alkanes) is 13. The Bertz CT molecular complexity index is 325. The van der Waals surface area contributed by atoms with Crippen molar-refractivity contribution in [3.8, 4) is 0 Å². The highest BCUT2D eigenvalue weighted by atomic mass is 16.4. The first-order valence-electron chi connectivity index (χ1n) is 11.2. The van der Waals surface area contributed by atoms with Gasteiger partial charge in [0, 0.05) is 6.42 Å². The molecule has 0 spiro atoms. The molecule has 0 radical (unpaired) electrons. The Morgan fingerprint density at radius 3 is 1.88 bits per heavy atom. The standard InChI is InChI=1S/C23H44O3/c1-2-3-4-5-10-13-16-19-22(24)20-17-14-11-8-6-7-9-12-15-18-21-23(25)26/h13,16,22,24H,2-12,14-15,17-21H2,1H3,(H,25,26). The van der Waals surface area contributed by atoms with Crippen LogP contribution in [-0.4, -0.2) is 22.3 Å². The minimum Gasteiger partial charge on any atom is -0.481 e. The van der Waals surface area contributed by atoms with Crippen LogP contribution in [0.3, 0.4) is 0 Å². The van der Waals surface area contributed by atoms with Gasteiger partial charge in [-0.05, 0) is 32.1 Å². The zero-order valence-corrected chi connectivity index (χ0v) is 17.3. The highest BCUT2D eigenvalue weighted by molar-refractivity contribution is 5.66. The third kappa shape index (κ3) is 21.2. The molecule has 0 aliphatic heterocycles. The van der Waals surface area contributed by atoms with Gasteiger partial charge in [0.1, 0.15) is 0 Å². The highest BCUT2D eigenvalue weighted by Crippen LogP contribution is 2.13. The van der Waals surface area contributed by atoms with Crippen LogP contribution in [0.2, 0.25) is 0 Å². The molecule has 0 aliphatic carbocycles. The molecule has 0 aromatic heterocycles. The summed E-state index contributed by atoms with van der Waals surface area (Å²) in [5, 5.41) is 18.5. The number of carboxylic acids is 1. The number of allylic oxidation sites excluding steroid dienone is 1. The molecule has 154 valence electrons. The first kappa shape index (κ1) is 25.2. The van der Waals surface area contributed by atoms with Gasteiger partial charge in [0.2, 0.25) is 0 Å². The quantitative estimate of drug-likeness (QED) is 0.179.